The number of para-hydroxylation sites is 1. The summed E-state index contributed by atoms with van der Waals surface area (Å²) in [5.74, 6) is 0.603. The van der Waals surface area contributed by atoms with Crippen LogP contribution in [0.25, 0.3) is 0 Å². The van der Waals surface area contributed by atoms with E-state index in [-0.39, 0.29) is 6.09 Å². The van der Waals surface area contributed by atoms with Crippen molar-refractivity contribution in [3.05, 3.63) is 53.9 Å². The minimum absolute atomic E-state index is 0.245. The summed E-state index contributed by atoms with van der Waals surface area (Å²) in [6.07, 6.45) is 1.70. The zero-order chi connectivity index (χ0) is 15.5. The number of aryl methyl sites for hydroxylation is 2. The van der Waals surface area contributed by atoms with Gasteiger partial charge in [0.25, 0.3) is 0 Å². The van der Waals surface area contributed by atoms with Gasteiger partial charge in [0.05, 0.1) is 0 Å². The van der Waals surface area contributed by atoms with Gasteiger partial charge < -0.3 is 14.2 Å². The van der Waals surface area contributed by atoms with Crippen LogP contribution < -0.4 is 4.74 Å². The highest BCUT2D eigenvalue weighted by molar-refractivity contribution is 5.70. The lowest BCUT2D eigenvalue weighted by Gasteiger charge is -2.33. The zero-order valence-electron chi connectivity index (χ0n) is 13.2. The van der Waals surface area contributed by atoms with E-state index in [1.165, 1.54) is 11.4 Å². The van der Waals surface area contributed by atoms with Gasteiger partial charge in [-0.3, -0.25) is 0 Å². The van der Waals surface area contributed by atoms with E-state index < -0.39 is 0 Å². The van der Waals surface area contributed by atoms with E-state index in [0.29, 0.717) is 11.8 Å². The standard InChI is InChI=1S/C18H22N2O2/c1-14-8-9-15(2)20(14)16-10-12-19(13-11-16)18(21)22-17-6-4-3-5-7-17/h3-9,16H,10-13H2,1-2H3. The third kappa shape index (κ3) is 3.01. The maximum atomic E-state index is 12.2. The normalized spacial score (nSPS) is 15.8. The molecule has 1 fully saturated rings. The van der Waals surface area contributed by atoms with Gasteiger partial charge >= 0.3 is 6.09 Å². The lowest BCUT2D eigenvalue weighted by Crippen LogP contribution is -2.40. The van der Waals surface area contributed by atoms with Crippen molar-refractivity contribution in [1.82, 2.24) is 9.47 Å². The number of piperidine rings is 1. The number of carbonyl (C=O) groups is 1. The van der Waals surface area contributed by atoms with E-state index in [0.717, 1.165) is 25.9 Å². The lowest BCUT2D eigenvalue weighted by atomic mass is 10.0. The van der Waals surface area contributed by atoms with Crippen LogP contribution in [0.3, 0.4) is 0 Å². The SMILES string of the molecule is Cc1ccc(C)n1C1CCN(C(=O)Oc2ccccc2)CC1. The first kappa shape index (κ1) is 14.7. The molecule has 1 aromatic carbocycles. The minimum Gasteiger partial charge on any atom is -0.410 e. The van der Waals surface area contributed by atoms with Crippen LogP contribution in [0.4, 0.5) is 4.79 Å². The molecule has 0 spiro atoms. The highest BCUT2D eigenvalue weighted by Crippen LogP contribution is 2.26. The number of aromatic nitrogens is 1. The number of likely N-dealkylation sites (tertiary alicyclic amines) is 1. The highest BCUT2D eigenvalue weighted by Gasteiger charge is 2.26. The van der Waals surface area contributed by atoms with Crippen LogP contribution in [-0.4, -0.2) is 28.6 Å². The van der Waals surface area contributed by atoms with Crippen LogP contribution in [0.15, 0.2) is 42.5 Å². The molecule has 2 aromatic rings. The Morgan fingerprint density at radius 1 is 1.00 bits per heavy atom. The average Bonchev–Trinajstić information content (AvgIpc) is 2.87. The Morgan fingerprint density at radius 3 is 2.18 bits per heavy atom. The van der Waals surface area contributed by atoms with Crippen molar-refractivity contribution in [1.29, 1.82) is 0 Å². The third-order valence-corrected chi connectivity index (χ3v) is 4.36. The van der Waals surface area contributed by atoms with E-state index in [2.05, 4.69) is 30.5 Å². The summed E-state index contributed by atoms with van der Waals surface area (Å²) in [5.41, 5.74) is 2.59. The molecule has 0 saturated carbocycles. The number of nitrogens with zero attached hydrogens (tertiary/aromatic N) is 2. The molecule has 4 heteroatoms. The van der Waals surface area contributed by atoms with Crippen molar-refractivity contribution in [3.63, 3.8) is 0 Å². The molecule has 0 bridgehead atoms. The molecule has 22 heavy (non-hydrogen) atoms. The van der Waals surface area contributed by atoms with Gasteiger partial charge in [-0.25, -0.2) is 4.79 Å². The Balaban J connectivity index is 1.59. The topological polar surface area (TPSA) is 34.5 Å². The maximum Gasteiger partial charge on any atom is 0.415 e. The van der Waals surface area contributed by atoms with Gasteiger partial charge in [0.2, 0.25) is 0 Å². The number of ether oxygens (including phenoxy) is 1. The number of rotatable bonds is 2. The Morgan fingerprint density at radius 2 is 1.59 bits per heavy atom. The van der Waals surface area contributed by atoms with Crippen LogP contribution in [0.5, 0.6) is 5.75 Å². The molecule has 0 atom stereocenters. The summed E-state index contributed by atoms with van der Waals surface area (Å²) in [6, 6.07) is 14.0. The quantitative estimate of drug-likeness (QED) is 0.841. The minimum atomic E-state index is -0.245. The van der Waals surface area contributed by atoms with E-state index in [1.54, 1.807) is 17.0 Å². The summed E-state index contributed by atoms with van der Waals surface area (Å²) in [6.45, 7) is 5.77. The molecule has 1 aromatic heterocycles. The highest BCUT2D eigenvalue weighted by atomic mass is 16.6. The molecular weight excluding hydrogens is 276 g/mol. The maximum absolute atomic E-state index is 12.2. The molecule has 116 valence electrons. The Labute approximate surface area is 131 Å². The van der Waals surface area contributed by atoms with E-state index in [1.807, 2.05) is 18.2 Å². The van der Waals surface area contributed by atoms with Crippen molar-refractivity contribution in [3.8, 4) is 5.75 Å². The Hall–Kier alpha value is -2.23. The van der Waals surface area contributed by atoms with Gasteiger partial charge in [0, 0.05) is 30.5 Å². The molecule has 1 aliphatic heterocycles. The first-order valence-corrected chi connectivity index (χ1v) is 7.81. The van der Waals surface area contributed by atoms with Crippen LogP contribution in [-0.2, 0) is 0 Å². The molecule has 2 heterocycles. The predicted molar refractivity (Wildman–Crippen MR) is 86.2 cm³/mol. The van der Waals surface area contributed by atoms with Crippen molar-refractivity contribution in [2.75, 3.05) is 13.1 Å². The number of amides is 1. The summed E-state index contributed by atoms with van der Waals surface area (Å²) in [7, 11) is 0. The van der Waals surface area contributed by atoms with Crippen LogP contribution >= 0.6 is 0 Å². The van der Waals surface area contributed by atoms with Gasteiger partial charge in [-0.15, -0.1) is 0 Å². The summed E-state index contributed by atoms with van der Waals surface area (Å²) >= 11 is 0. The Kier molecular flexibility index (Phi) is 4.18. The van der Waals surface area contributed by atoms with Gasteiger partial charge in [-0.05, 0) is 51.0 Å². The van der Waals surface area contributed by atoms with Crippen LogP contribution in [0.1, 0.15) is 30.3 Å². The van der Waals surface area contributed by atoms with Gasteiger partial charge in [-0.2, -0.15) is 0 Å². The van der Waals surface area contributed by atoms with Crippen molar-refractivity contribution in [2.45, 2.75) is 32.7 Å². The molecule has 4 nitrogen and oxygen atoms in total. The van der Waals surface area contributed by atoms with Crippen LogP contribution in [0, 0.1) is 13.8 Å². The predicted octanol–water partition coefficient (Wildman–Crippen LogP) is 3.94. The second-order valence-corrected chi connectivity index (χ2v) is 5.89. The third-order valence-electron chi connectivity index (χ3n) is 4.36. The number of hydrogen-bond acceptors (Lipinski definition) is 2. The smallest absolute Gasteiger partial charge is 0.410 e. The molecule has 3 rings (SSSR count). The molecule has 1 amide bonds. The molecule has 0 N–H and O–H groups in total. The van der Waals surface area contributed by atoms with Crippen LogP contribution in [0.2, 0.25) is 0 Å². The molecule has 0 radical (unpaired) electrons. The molecular formula is C18H22N2O2. The Bertz CT molecular complexity index is 621. The molecule has 0 aliphatic carbocycles. The summed E-state index contributed by atoms with van der Waals surface area (Å²) < 4.78 is 7.80. The van der Waals surface area contributed by atoms with Gasteiger partial charge in [0.15, 0.2) is 0 Å². The second kappa shape index (κ2) is 6.26. The van der Waals surface area contributed by atoms with E-state index >= 15 is 0 Å². The van der Waals surface area contributed by atoms with Crippen molar-refractivity contribution in [2.24, 2.45) is 0 Å². The fourth-order valence-corrected chi connectivity index (χ4v) is 3.22. The molecule has 1 saturated heterocycles. The number of hydrogen-bond donors (Lipinski definition) is 0. The number of benzene rings is 1. The molecule has 0 unspecified atom stereocenters. The van der Waals surface area contributed by atoms with Gasteiger partial charge in [0.1, 0.15) is 5.75 Å². The van der Waals surface area contributed by atoms with E-state index in [4.69, 9.17) is 4.74 Å². The first-order valence-electron chi connectivity index (χ1n) is 7.81. The fraction of sp³-hybridized carbons (Fsp3) is 0.389. The lowest BCUT2D eigenvalue weighted by molar-refractivity contribution is 0.131. The number of carbonyl (C=O) groups excluding carboxylic acids is 1. The zero-order valence-corrected chi connectivity index (χ0v) is 13.2. The first-order chi connectivity index (χ1) is 10.6. The van der Waals surface area contributed by atoms with Crippen molar-refractivity contribution >= 4 is 6.09 Å². The average molecular weight is 298 g/mol. The largest absolute Gasteiger partial charge is 0.415 e. The van der Waals surface area contributed by atoms with Crippen molar-refractivity contribution < 1.29 is 9.53 Å². The fourth-order valence-electron chi connectivity index (χ4n) is 3.22. The van der Waals surface area contributed by atoms with Gasteiger partial charge in [-0.1, -0.05) is 18.2 Å². The molecule has 1 aliphatic rings. The summed E-state index contributed by atoms with van der Waals surface area (Å²) in [5, 5.41) is 0. The summed E-state index contributed by atoms with van der Waals surface area (Å²) in [4.78, 5) is 14.0. The second-order valence-electron chi connectivity index (χ2n) is 5.89. The van der Waals surface area contributed by atoms with E-state index in [9.17, 15) is 4.79 Å². The monoisotopic (exact) mass is 298 g/mol.